The number of benzene rings is 2. The van der Waals surface area contributed by atoms with Crippen LogP contribution in [0.1, 0.15) is 5.56 Å². The summed E-state index contributed by atoms with van der Waals surface area (Å²) < 4.78 is 0. The second-order valence-corrected chi connectivity index (χ2v) is 4.46. The van der Waals surface area contributed by atoms with Crippen LogP contribution in [-0.4, -0.2) is 9.97 Å². The molecule has 102 valence electrons. The number of hydrogen-bond acceptors (Lipinski definition) is 4. The van der Waals surface area contributed by atoms with Gasteiger partial charge in [0.1, 0.15) is 0 Å². The van der Waals surface area contributed by atoms with Crippen LogP contribution in [0.15, 0.2) is 48.7 Å². The zero-order valence-electron chi connectivity index (χ0n) is 11.0. The number of aromatic nitrogens is 2. The van der Waals surface area contributed by atoms with Crippen molar-refractivity contribution in [2.24, 2.45) is 0 Å². The maximum Gasteiger partial charge on any atom is 0.227 e. The van der Waals surface area contributed by atoms with Gasteiger partial charge in [0.25, 0.3) is 0 Å². The maximum absolute atomic E-state index is 5.75. The Morgan fingerprint density at radius 1 is 1.10 bits per heavy atom. The van der Waals surface area contributed by atoms with E-state index in [4.69, 9.17) is 5.73 Å². The van der Waals surface area contributed by atoms with Gasteiger partial charge in [-0.25, -0.2) is 9.97 Å². The van der Waals surface area contributed by atoms with Gasteiger partial charge in [-0.2, -0.15) is 0 Å². The van der Waals surface area contributed by atoms with Crippen LogP contribution in [0.5, 0.6) is 0 Å². The number of aryl methyl sites for hydroxylation is 1. The summed E-state index contributed by atoms with van der Waals surface area (Å²) in [7, 11) is 0. The van der Waals surface area contributed by atoms with Crippen LogP contribution in [-0.2, 0) is 0 Å². The molecule has 0 unspecified atom stereocenters. The number of nitrogens with zero attached hydrogens (tertiary/aromatic N) is 2. The number of halogens is 1. The Morgan fingerprint density at radius 3 is 2.70 bits per heavy atom. The Balaban J connectivity index is 0.00000147. The monoisotopic (exact) mass is 286 g/mol. The first-order valence-electron chi connectivity index (χ1n) is 6.07. The molecule has 20 heavy (non-hydrogen) atoms. The molecule has 3 rings (SSSR count). The van der Waals surface area contributed by atoms with Crippen LogP contribution in [0.4, 0.5) is 17.3 Å². The largest absolute Gasteiger partial charge is 0.399 e. The Bertz CT molecular complexity index is 743. The zero-order valence-corrected chi connectivity index (χ0v) is 11.8. The van der Waals surface area contributed by atoms with Gasteiger partial charge in [0.2, 0.25) is 5.95 Å². The van der Waals surface area contributed by atoms with E-state index in [1.165, 1.54) is 0 Å². The Labute approximate surface area is 123 Å². The van der Waals surface area contributed by atoms with Gasteiger partial charge in [0.15, 0.2) is 0 Å². The van der Waals surface area contributed by atoms with Crippen LogP contribution in [0, 0.1) is 6.92 Å². The molecule has 1 aromatic heterocycles. The lowest BCUT2D eigenvalue weighted by Gasteiger charge is -2.07. The van der Waals surface area contributed by atoms with Crippen molar-refractivity contribution >= 4 is 40.6 Å². The summed E-state index contributed by atoms with van der Waals surface area (Å²) in [5.74, 6) is 0.576. The van der Waals surface area contributed by atoms with Gasteiger partial charge in [0, 0.05) is 23.0 Å². The van der Waals surface area contributed by atoms with E-state index in [-0.39, 0.29) is 12.4 Å². The van der Waals surface area contributed by atoms with Crippen molar-refractivity contribution in [2.45, 2.75) is 6.92 Å². The fourth-order valence-corrected chi connectivity index (χ4v) is 2.01. The molecule has 0 saturated heterocycles. The SMILES string of the molecule is Cc1cccc2cnc(Nc3cccc(N)c3)nc12.Cl. The summed E-state index contributed by atoms with van der Waals surface area (Å²) in [6.45, 7) is 2.04. The molecule has 0 fully saturated rings. The molecular formula is C15H15ClN4. The third-order valence-corrected chi connectivity index (χ3v) is 2.96. The molecule has 0 saturated carbocycles. The van der Waals surface area contributed by atoms with E-state index in [2.05, 4.69) is 15.3 Å². The molecule has 0 amide bonds. The molecule has 4 nitrogen and oxygen atoms in total. The molecule has 3 aromatic rings. The maximum atomic E-state index is 5.75. The number of nitrogens with two attached hydrogens (primary N) is 1. The van der Waals surface area contributed by atoms with Gasteiger partial charge in [-0.15, -0.1) is 12.4 Å². The number of hydrogen-bond donors (Lipinski definition) is 2. The number of nitrogens with one attached hydrogen (secondary N) is 1. The molecule has 0 aliphatic rings. The molecule has 0 spiro atoms. The molecule has 0 aliphatic heterocycles. The van der Waals surface area contributed by atoms with Gasteiger partial charge >= 0.3 is 0 Å². The van der Waals surface area contributed by atoms with E-state index in [0.29, 0.717) is 11.6 Å². The molecular weight excluding hydrogens is 272 g/mol. The summed E-state index contributed by atoms with van der Waals surface area (Å²) in [5.41, 5.74) is 9.44. The fraction of sp³-hybridized carbons (Fsp3) is 0.0667. The molecule has 0 radical (unpaired) electrons. The van der Waals surface area contributed by atoms with Crippen molar-refractivity contribution in [1.82, 2.24) is 9.97 Å². The van der Waals surface area contributed by atoms with Crippen molar-refractivity contribution in [1.29, 1.82) is 0 Å². The van der Waals surface area contributed by atoms with Crippen LogP contribution in [0.25, 0.3) is 10.9 Å². The summed E-state index contributed by atoms with van der Waals surface area (Å²) >= 11 is 0. The first-order chi connectivity index (χ1) is 9.22. The van der Waals surface area contributed by atoms with Crippen LogP contribution in [0.3, 0.4) is 0 Å². The van der Waals surface area contributed by atoms with E-state index in [1.807, 2.05) is 55.6 Å². The van der Waals surface area contributed by atoms with Gasteiger partial charge < -0.3 is 11.1 Å². The molecule has 1 heterocycles. The van der Waals surface area contributed by atoms with Crippen molar-refractivity contribution in [3.63, 3.8) is 0 Å². The van der Waals surface area contributed by atoms with Crippen molar-refractivity contribution in [2.75, 3.05) is 11.1 Å². The average molecular weight is 287 g/mol. The molecule has 0 atom stereocenters. The first-order valence-corrected chi connectivity index (χ1v) is 6.07. The number of anilines is 3. The Kier molecular flexibility index (Phi) is 4.05. The molecule has 5 heteroatoms. The third kappa shape index (κ3) is 2.81. The Hall–Kier alpha value is -2.33. The number of nitrogen functional groups attached to an aromatic ring is 1. The highest BCUT2D eigenvalue weighted by atomic mass is 35.5. The minimum atomic E-state index is 0. The predicted octanol–water partition coefficient (Wildman–Crippen LogP) is 3.69. The second kappa shape index (κ2) is 5.75. The molecule has 0 bridgehead atoms. The fourth-order valence-electron chi connectivity index (χ4n) is 2.01. The quantitative estimate of drug-likeness (QED) is 0.705. The first kappa shape index (κ1) is 14.1. The van der Waals surface area contributed by atoms with E-state index in [9.17, 15) is 0 Å². The van der Waals surface area contributed by atoms with Gasteiger partial charge in [-0.3, -0.25) is 0 Å². The Morgan fingerprint density at radius 2 is 1.90 bits per heavy atom. The summed E-state index contributed by atoms with van der Waals surface area (Å²) in [6.07, 6.45) is 1.82. The molecule has 2 aromatic carbocycles. The standard InChI is InChI=1S/C15H14N4.ClH/c1-10-4-2-5-11-9-17-15(19-14(10)11)18-13-7-3-6-12(16)8-13;/h2-9H,16H2,1H3,(H,17,18,19);1H. The lowest BCUT2D eigenvalue weighted by Crippen LogP contribution is -1.98. The summed E-state index contributed by atoms with van der Waals surface area (Å²) in [4.78, 5) is 8.85. The molecule has 0 aliphatic carbocycles. The van der Waals surface area contributed by atoms with Crippen LogP contribution >= 0.6 is 12.4 Å². The highest BCUT2D eigenvalue weighted by molar-refractivity contribution is 5.85. The summed E-state index contributed by atoms with van der Waals surface area (Å²) in [6, 6.07) is 13.6. The minimum absolute atomic E-state index is 0. The van der Waals surface area contributed by atoms with Crippen molar-refractivity contribution < 1.29 is 0 Å². The van der Waals surface area contributed by atoms with Gasteiger partial charge in [-0.1, -0.05) is 24.3 Å². The van der Waals surface area contributed by atoms with Crippen LogP contribution in [0.2, 0.25) is 0 Å². The highest BCUT2D eigenvalue weighted by Crippen LogP contribution is 2.19. The van der Waals surface area contributed by atoms with Crippen LogP contribution < -0.4 is 11.1 Å². The number of fused-ring (bicyclic) bond motifs is 1. The zero-order chi connectivity index (χ0) is 13.2. The second-order valence-electron chi connectivity index (χ2n) is 4.46. The normalized spacial score (nSPS) is 10.1. The lowest BCUT2D eigenvalue weighted by atomic mass is 10.1. The van der Waals surface area contributed by atoms with Gasteiger partial charge in [-0.05, 0) is 30.7 Å². The number of rotatable bonds is 2. The average Bonchev–Trinajstić information content (AvgIpc) is 2.40. The van der Waals surface area contributed by atoms with E-state index in [1.54, 1.807) is 0 Å². The highest BCUT2D eigenvalue weighted by Gasteiger charge is 2.02. The van der Waals surface area contributed by atoms with E-state index < -0.39 is 0 Å². The topological polar surface area (TPSA) is 63.8 Å². The third-order valence-electron chi connectivity index (χ3n) is 2.96. The van der Waals surface area contributed by atoms with E-state index >= 15 is 0 Å². The van der Waals surface area contributed by atoms with Crippen molar-refractivity contribution in [3.05, 3.63) is 54.2 Å². The van der Waals surface area contributed by atoms with Gasteiger partial charge in [0.05, 0.1) is 5.52 Å². The number of para-hydroxylation sites is 1. The van der Waals surface area contributed by atoms with Crippen molar-refractivity contribution in [3.8, 4) is 0 Å². The smallest absolute Gasteiger partial charge is 0.227 e. The molecule has 3 N–H and O–H groups in total. The minimum Gasteiger partial charge on any atom is -0.399 e. The summed E-state index contributed by atoms with van der Waals surface area (Å²) in [5, 5.41) is 4.20. The lowest BCUT2D eigenvalue weighted by molar-refractivity contribution is 1.20. The predicted molar refractivity (Wildman–Crippen MR) is 85.7 cm³/mol. The van der Waals surface area contributed by atoms with E-state index in [0.717, 1.165) is 22.2 Å².